The van der Waals surface area contributed by atoms with Gasteiger partial charge in [-0.15, -0.1) is 0 Å². The first kappa shape index (κ1) is 15.9. The first-order valence-corrected chi connectivity index (χ1v) is 7.48. The zero-order chi connectivity index (χ0) is 17.6. The fraction of sp³-hybridized carbons (Fsp3) is 0.222. The van der Waals surface area contributed by atoms with Crippen LogP contribution in [0.2, 0.25) is 0 Å². The number of carbonyl (C=O) groups excluding carboxylic acids is 2. The van der Waals surface area contributed by atoms with Crippen LogP contribution >= 0.6 is 0 Å². The molecule has 0 saturated carbocycles. The molecule has 122 valence electrons. The number of rotatable bonds is 2. The molecular formula is C18H16N2O4. The summed E-state index contributed by atoms with van der Waals surface area (Å²) >= 11 is 0. The maximum Gasteiger partial charge on any atom is 0.271 e. The molecule has 1 heterocycles. The summed E-state index contributed by atoms with van der Waals surface area (Å²) in [7, 11) is 0. The van der Waals surface area contributed by atoms with Gasteiger partial charge in [0.15, 0.2) is 0 Å². The molecule has 0 fully saturated rings. The molecule has 6 nitrogen and oxygen atoms in total. The number of amides is 2. The molecule has 24 heavy (non-hydrogen) atoms. The zero-order valence-electron chi connectivity index (χ0n) is 13.6. The van der Waals surface area contributed by atoms with E-state index in [1.54, 1.807) is 30.3 Å². The Labute approximate surface area is 138 Å². The van der Waals surface area contributed by atoms with Crippen LogP contribution < -0.4 is 4.90 Å². The third kappa shape index (κ3) is 2.36. The standard InChI is InChI=1S/C18H16N2O4/c1-18(2,3)14-9-8-11(20(23)24)10-15(14)19-16(21)12-6-4-5-7-13(12)17(19)22/h4-10H,1-3H3. The lowest BCUT2D eigenvalue weighted by Gasteiger charge is -2.26. The minimum absolute atomic E-state index is 0.158. The second-order valence-electron chi connectivity index (χ2n) is 6.70. The highest BCUT2D eigenvalue weighted by atomic mass is 16.6. The Morgan fingerprint density at radius 1 is 0.958 bits per heavy atom. The van der Waals surface area contributed by atoms with E-state index in [4.69, 9.17) is 0 Å². The summed E-state index contributed by atoms with van der Waals surface area (Å²) in [6.07, 6.45) is 0. The van der Waals surface area contributed by atoms with Crippen LogP contribution in [-0.2, 0) is 5.41 Å². The molecule has 0 aromatic heterocycles. The number of fused-ring (bicyclic) bond motifs is 1. The van der Waals surface area contributed by atoms with Crippen LogP contribution in [0.3, 0.4) is 0 Å². The first-order chi connectivity index (χ1) is 11.2. The largest absolute Gasteiger partial charge is 0.271 e. The molecule has 2 aromatic rings. The number of hydrogen-bond acceptors (Lipinski definition) is 4. The van der Waals surface area contributed by atoms with Crippen molar-refractivity contribution < 1.29 is 14.5 Å². The SMILES string of the molecule is CC(C)(C)c1ccc([N+](=O)[O-])cc1N1C(=O)c2ccccc2C1=O. The molecule has 3 rings (SSSR count). The number of nitrogens with zero attached hydrogens (tertiary/aromatic N) is 2. The van der Waals surface area contributed by atoms with Crippen molar-refractivity contribution in [3.05, 3.63) is 69.3 Å². The number of imide groups is 1. The van der Waals surface area contributed by atoms with E-state index in [1.807, 2.05) is 20.8 Å². The Bertz CT molecular complexity index is 846. The van der Waals surface area contributed by atoms with E-state index >= 15 is 0 Å². The van der Waals surface area contributed by atoms with Gasteiger partial charge >= 0.3 is 0 Å². The fourth-order valence-corrected chi connectivity index (χ4v) is 2.86. The molecule has 2 amide bonds. The van der Waals surface area contributed by atoms with Crippen molar-refractivity contribution in [2.45, 2.75) is 26.2 Å². The van der Waals surface area contributed by atoms with Gasteiger partial charge < -0.3 is 0 Å². The lowest BCUT2D eigenvalue weighted by atomic mass is 9.85. The molecule has 0 saturated heterocycles. The lowest BCUT2D eigenvalue weighted by Crippen LogP contribution is -2.32. The van der Waals surface area contributed by atoms with E-state index in [0.29, 0.717) is 16.7 Å². The zero-order valence-corrected chi connectivity index (χ0v) is 13.6. The summed E-state index contributed by atoms with van der Waals surface area (Å²) in [6.45, 7) is 5.78. The number of non-ortho nitro benzene ring substituents is 1. The van der Waals surface area contributed by atoms with Crippen LogP contribution in [-0.4, -0.2) is 16.7 Å². The van der Waals surface area contributed by atoms with Crippen molar-refractivity contribution >= 4 is 23.2 Å². The second kappa shape index (κ2) is 5.26. The van der Waals surface area contributed by atoms with Crippen LogP contribution in [0.15, 0.2) is 42.5 Å². The van der Waals surface area contributed by atoms with Gasteiger partial charge in [0.05, 0.1) is 21.7 Å². The Balaban J connectivity index is 2.22. The van der Waals surface area contributed by atoms with Crippen molar-refractivity contribution in [1.82, 2.24) is 0 Å². The number of benzene rings is 2. The Hall–Kier alpha value is -3.02. The van der Waals surface area contributed by atoms with Gasteiger partial charge in [-0.3, -0.25) is 19.7 Å². The third-order valence-electron chi connectivity index (χ3n) is 4.04. The molecular weight excluding hydrogens is 308 g/mol. The predicted octanol–water partition coefficient (Wildman–Crippen LogP) is 3.69. The molecule has 1 aliphatic heterocycles. The van der Waals surface area contributed by atoms with Crippen LogP contribution in [0.5, 0.6) is 0 Å². The summed E-state index contributed by atoms with van der Waals surface area (Å²) in [5, 5.41) is 11.1. The first-order valence-electron chi connectivity index (χ1n) is 7.48. The lowest BCUT2D eigenvalue weighted by molar-refractivity contribution is -0.384. The minimum Gasteiger partial charge on any atom is -0.268 e. The van der Waals surface area contributed by atoms with E-state index < -0.39 is 16.7 Å². The van der Waals surface area contributed by atoms with Crippen LogP contribution in [0, 0.1) is 10.1 Å². The van der Waals surface area contributed by atoms with Gasteiger partial charge in [-0.05, 0) is 29.2 Å². The molecule has 0 N–H and O–H groups in total. The molecule has 0 atom stereocenters. The monoisotopic (exact) mass is 324 g/mol. The highest BCUT2D eigenvalue weighted by Gasteiger charge is 2.39. The van der Waals surface area contributed by atoms with Gasteiger partial charge in [0, 0.05) is 12.1 Å². The van der Waals surface area contributed by atoms with Gasteiger partial charge in [0.1, 0.15) is 0 Å². The van der Waals surface area contributed by atoms with Crippen molar-refractivity contribution in [2.24, 2.45) is 0 Å². The molecule has 6 heteroatoms. The molecule has 0 radical (unpaired) electrons. The van der Waals surface area contributed by atoms with E-state index in [1.165, 1.54) is 12.1 Å². The average Bonchev–Trinajstić information content (AvgIpc) is 2.78. The Morgan fingerprint density at radius 3 is 1.96 bits per heavy atom. The molecule has 2 aromatic carbocycles. The van der Waals surface area contributed by atoms with Crippen molar-refractivity contribution in [3.63, 3.8) is 0 Å². The average molecular weight is 324 g/mol. The Kier molecular flexibility index (Phi) is 3.48. The molecule has 0 bridgehead atoms. The van der Waals surface area contributed by atoms with Crippen molar-refractivity contribution in [2.75, 3.05) is 4.90 Å². The van der Waals surface area contributed by atoms with Crippen LogP contribution in [0.4, 0.5) is 11.4 Å². The minimum atomic E-state index is -0.534. The Morgan fingerprint density at radius 2 is 1.50 bits per heavy atom. The smallest absolute Gasteiger partial charge is 0.268 e. The number of anilines is 1. The third-order valence-corrected chi connectivity index (χ3v) is 4.04. The van der Waals surface area contributed by atoms with Gasteiger partial charge in [-0.25, -0.2) is 4.90 Å². The van der Waals surface area contributed by atoms with Gasteiger partial charge in [-0.1, -0.05) is 32.9 Å². The van der Waals surface area contributed by atoms with E-state index in [0.717, 1.165) is 4.90 Å². The van der Waals surface area contributed by atoms with E-state index in [9.17, 15) is 19.7 Å². The van der Waals surface area contributed by atoms with E-state index in [-0.39, 0.29) is 16.8 Å². The molecule has 0 spiro atoms. The highest BCUT2D eigenvalue weighted by Crippen LogP contribution is 2.38. The molecule has 0 unspecified atom stereocenters. The maximum atomic E-state index is 12.7. The van der Waals surface area contributed by atoms with Crippen LogP contribution in [0.1, 0.15) is 47.1 Å². The predicted molar refractivity (Wildman–Crippen MR) is 89.4 cm³/mol. The molecule has 0 aliphatic carbocycles. The summed E-state index contributed by atoms with van der Waals surface area (Å²) in [6, 6.07) is 10.8. The fourth-order valence-electron chi connectivity index (χ4n) is 2.86. The number of hydrogen-bond donors (Lipinski definition) is 0. The number of carbonyl (C=O) groups is 2. The normalized spacial score (nSPS) is 14.0. The van der Waals surface area contributed by atoms with Crippen LogP contribution in [0.25, 0.3) is 0 Å². The number of nitro benzene ring substituents is 1. The summed E-state index contributed by atoms with van der Waals surface area (Å²) in [5.41, 5.74) is 1.04. The van der Waals surface area contributed by atoms with Gasteiger partial charge in [-0.2, -0.15) is 0 Å². The van der Waals surface area contributed by atoms with E-state index in [2.05, 4.69) is 0 Å². The number of nitro groups is 1. The quantitative estimate of drug-likeness (QED) is 0.479. The van der Waals surface area contributed by atoms with Crippen molar-refractivity contribution in [1.29, 1.82) is 0 Å². The summed E-state index contributed by atoms with van der Waals surface area (Å²) in [5.74, 6) is -0.914. The summed E-state index contributed by atoms with van der Waals surface area (Å²) < 4.78 is 0. The second-order valence-corrected chi connectivity index (χ2v) is 6.70. The van der Waals surface area contributed by atoms with Gasteiger partial charge in [0.2, 0.25) is 0 Å². The van der Waals surface area contributed by atoms with Gasteiger partial charge in [0.25, 0.3) is 17.5 Å². The summed E-state index contributed by atoms with van der Waals surface area (Å²) in [4.78, 5) is 37.0. The molecule has 1 aliphatic rings. The highest BCUT2D eigenvalue weighted by molar-refractivity contribution is 6.34. The topological polar surface area (TPSA) is 80.5 Å². The van der Waals surface area contributed by atoms with Crippen molar-refractivity contribution in [3.8, 4) is 0 Å². The maximum absolute atomic E-state index is 12.7.